The van der Waals surface area contributed by atoms with Crippen LogP contribution in [0.2, 0.25) is 0 Å². The number of nitrogens with two attached hydrogens (primary N) is 1. The number of rotatable bonds is 1. The maximum atomic E-state index is 10.6. The van der Waals surface area contributed by atoms with Crippen LogP contribution in [0.25, 0.3) is 0 Å². The lowest BCUT2D eigenvalue weighted by Crippen LogP contribution is -2.34. The highest BCUT2D eigenvalue weighted by molar-refractivity contribution is 5.85. The summed E-state index contributed by atoms with van der Waals surface area (Å²) >= 11 is 0. The van der Waals surface area contributed by atoms with Gasteiger partial charge in [0.2, 0.25) is 0 Å². The maximum Gasteiger partial charge on any atom is 0.308 e. The molecule has 0 radical (unpaired) electrons. The molecule has 3 N–H and O–H groups in total. The van der Waals surface area contributed by atoms with E-state index in [1.165, 1.54) is 0 Å². The van der Waals surface area contributed by atoms with Crippen molar-refractivity contribution in [3.8, 4) is 0 Å². The third-order valence-corrected chi connectivity index (χ3v) is 2.49. The van der Waals surface area contributed by atoms with Gasteiger partial charge >= 0.3 is 5.97 Å². The van der Waals surface area contributed by atoms with Crippen molar-refractivity contribution in [3.05, 3.63) is 12.2 Å². The van der Waals surface area contributed by atoms with Crippen molar-refractivity contribution >= 4 is 18.4 Å². The van der Waals surface area contributed by atoms with Gasteiger partial charge in [0, 0.05) is 6.04 Å². The summed E-state index contributed by atoms with van der Waals surface area (Å²) in [5.41, 5.74) is 6.64. The molecule has 0 saturated heterocycles. The average molecular weight is 192 g/mol. The van der Waals surface area contributed by atoms with Crippen LogP contribution in [0.15, 0.2) is 12.2 Å². The molecule has 0 aliphatic heterocycles. The monoisotopic (exact) mass is 191 g/mol. The van der Waals surface area contributed by atoms with Crippen molar-refractivity contribution < 1.29 is 9.90 Å². The Labute approximate surface area is 78.0 Å². The summed E-state index contributed by atoms with van der Waals surface area (Å²) in [4.78, 5) is 10.6. The minimum atomic E-state index is -0.803. The lowest BCUT2D eigenvalue weighted by molar-refractivity contribution is -0.141. The highest BCUT2D eigenvalue weighted by atomic mass is 35.5. The molecule has 0 aromatic carbocycles. The molecule has 1 aliphatic rings. The molecule has 0 aromatic rings. The largest absolute Gasteiger partial charge is 0.481 e. The van der Waals surface area contributed by atoms with E-state index in [4.69, 9.17) is 10.8 Å². The van der Waals surface area contributed by atoms with Gasteiger partial charge in [-0.3, -0.25) is 4.79 Å². The zero-order chi connectivity index (χ0) is 8.59. The molecule has 70 valence electrons. The molecule has 0 aromatic heterocycles. The summed E-state index contributed by atoms with van der Waals surface area (Å²) in [6, 6.07) is -0.250. The molecule has 3 nitrogen and oxygen atoms in total. The minimum Gasteiger partial charge on any atom is -0.481 e. The predicted octanol–water partition coefficient (Wildman–Crippen LogP) is 1.03. The van der Waals surface area contributed by atoms with E-state index >= 15 is 0 Å². The first-order chi connectivity index (χ1) is 5.04. The Morgan fingerprint density at radius 2 is 2.25 bits per heavy atom. The lowest BCUT2D eigenvalue weighted by Gasteiger charge is -2.12. The zero-order valence-electron chi connectivity index (χ0n) is 6.99. The second-order valence-corrected chi connectivity index (χ2v) is 3.17. The molecule has 0 bridgehead atoms. The van der Waals surface area contributed by atoms with E-state index in [1.807, 2.05) is 6.92 Å². The standard InChI is InChI=1S/C8H13NO2.ClH/c1-4-3-6(8(10)11)7(9)5(4)2;/h5-7H,1,3,9H2,2H3,(H,10,11);1H/t5?,6-,7+;/m1./s1. The van der Waals surface area contributed by atoms with Gasteiger partial charge in [-0.1, -0.05) is 19.1 Å². The third kappa shape index (κ3) is 1.79. The Bertz CT molecular complexity index is 205. The van der Waals surface area contributed by atoms with Crippen LogP contribution in [0.3, 0.4) is 0 Å². The molecule has 1 aliphatic carbocycles. The zero-order valence-corrected chi connectivity index (χ0v) is 7.80. The van der Waals surface area contributed by atoms with Gasteiger partial charge in [-0.25, -0.2) is 0 Å². The van der Waals surface area contributed by atoms with Gasteiger partial charge in [0.05, 0.1) is 5.92 Å². The summed E-state index contributed by atoms with van der Waals surface area (Å²) < 4.78 is 0. The predicted molar refractivity (Wildman–Crippen MR) is 49.3 cm³/mol. The fourth-order valence-electron chi connectivity index (χ4n) is 1.48. The Hall–Kier alpha value is -0.540. The van der Waals surface area contributed by atoms with Crippen molar-refractivity contribution in [2.45, 2.75) is 19.4 Å². The number of aliphatic carboxylic acids is 1. The third-order valence-electron chi connectivity index (χ3n) is 2.49. The molecule has 4 heteroatoms. The van der Waals surface area contributed by atoms with E-state index in [0.717, 1.165) is 5.57 Å². The van der Waals surface area contributed by atoms with Crippen LogP contribution >= 0.6 is 12.4 Å². The number of carbonyl (C=O) groups is 1. The second kappa shape index (κ2) is 3.92. The molecule has 1 rings (SSSR count). The van der Waals surface area contributed by atoms with Crippen LogP contribution in [0.4, 0.5) is 0 Å². The summed E-state index contributed by atoms with van der Waals surface area (Å²) in [5.74, 6) is -1.07. The smallest absolute Gasteiger partial charge is 0.308 e. The molecule has 1 unspecified atom stereocenters. The first kappa shape index (κ1) is 11.5. The van der Waals surface area contributed by atoms with E-state index in [-0.39, 0.29) is 24.4 Å². The Morgan fingerprint density at radius 1 is 1.75 bits per heavy atom. The van der Waals surface area contributed by atoms with Crippen molar-refractivity contribution in [1.29, 1.82) is 0 Å². The van der Waals surface area contributed by atoms with Gasteiger partial charge < -0.3 is 10.8 Å². The Morgan fingerprint density at radius 3 is 2.42 bits per heavy atom. The van der Waals surface area contributed by atoms with Gasteiger partial charge in [0.1, 0.15) is 0 Å². The maximum absolute atomic E-state index is 10.6. The lowest BCUT2D eigenvalue weighted by atomic mass is 10.00. The molecule has 0 amide bonds. The van der Waals surface area contributed by atoms with Crippen LogP contribution in [-0.2, 0) is 4.79 Å². The Balaban J connectivity index is 0.00000121. The van der Waals surface area contributed by atoms with E-state index in [2.05, 4.69) is 6.58 Å². The van der Waals surface area contributed by atoms with Crippen LogP contribution in [0.1, 0.15) is 13.3 Å². The van der Waals surface area contributed by atoms with Gasteiger partial charge in [0.15, 0.2) is 0 Å². The molecule has 0 heterocycles. The first-order valence-electron chi connectivity index (χ1n) is 3.70. The van der Waals surface area contributed by atoms with Gasteiger partial charge in [0.25, 0.3) is 0 Å². The number of carboxylic acids is 1. The molecule has 1 saturated carbocycles. The second-order valence-electron chi connectivity index (χ2n) is 3.17. The van der Waals surface area contributed by atoms with E-state index in [9.17, 15) is 4.79 Å². The summed E-state index contributed by atoms with van der Waals surface area (Å²) in [6.45, 7) is 5.70. The fourth-order valence-corrected chi connectivity index (χ4v) is 1.48. The highest BCUT2D eigenvalue weighted by Gasteiger charge is 2.37. The summed E-state index contributed by atoms with van der Waals surface area (Å²) in [6.07, 6.45) is 0.539. The van der Waals surface area contributed by atoms with Crippen molar-refractivity contribution in [1.82, 2.24) is 0 Å². The summed E-state index contributed by atoms with van der Waals surface area (Å²) in [7, 11) is 0. The first-order valence-corrected chi connectivity index (χ1v) is 3.70. The fraction of sp³-hybridized carbons (Fsp3) is 0.625. The van der Waals surface area contributed by atoms with Gasteiger partial charge in [-0.05, 0) is 12.3 Å². The number of hydrogen-bond donors (Lipinski definition) is 2. The number of halogens is 1. The van der Waals surface area contributed by atoms with Gasteiger partial charge in [-0.2, -0.15) is 0 Å². The molecule has 1 fully saturated rings. The molecule has 0 spiro atoms. The quantitative estimate of drug-likeness (QED) is 0.609. The summed E-state index contributed by atoms with van der Waals surface area (Å²) in [5, 5.41) is 8.70. The van der Waals surface area contributed by atoms with E-state index in [1.54, 1.807) is 0 Å². The van der Waals surface area contributed by atoms with Crippen LogP contribution in [0, 0.1) is 11.8 Å². The number of carboxylic acid groups (broad SMARTS) is 1. The molecular formula is C8H14ClNO2. The van der Waals surface area contributed by atoms with Crippen molar-refractivity contribution in [2.24, 2.45) is 17.6 Å². The minimum absolute atomic E-state index is 0. The van der Waals surface area contributed by atoms with Crippen LogP contribution in [0.5, 0.6) is 0 Å². The van der Waals surface area contributed by atoms with E-state index in [0.29, 0.717) is 6.42 Å². The Kier molecular flexibility index (Phi) is 3.74. The topological polar surface area (TPSA) is 63.3 Å². The number of hydrogen-bond acceptors (Lipinski definition) is 2. The van der Waals surface area contributed by atoms with Gasteiger partial charge in [-0.15, -0.1) is 12.4 Å². The van der Waals surface area contributed by atoms with Crippen LogP contribution < -0.4 is 5.73 Å². The normalized spacial score (nSPS) is 34.5. The highest BCUT2D eigenvalue weighted by Crippen LogP contribution is 2.33. The molecule has 12 heavy (non-hydrogen) atoms. The molecule has 3 atom stereocenters. The SMILES string of the molecule is C=C1C[C@@H](C(=O)O)[C@@H](N)C1C.Cl. The van der Waals surface area contributed by atoms with Crippen LogP contribution in [-0.4, -0.2) is 17.1 Å². The van der Waals surface area contributed by atoms with E-state index < -0.39 is 11.9 Å². The molecular weight excluding hydrogens is 178 g/mol. The van der Waals surface area contributed by atoms with Crippen molar-refractivity contribution in [2.75, 3.05) is 0 Å². The average Bonchev–Trinajstić information content (AvgIpc) is 2.17. The van der Waals surface area contributed by atoms with Crippen molar-refractivity contribution in [3.63, 3.8) is 0 Å².